The summed E-state index contributed by atoms with van der Waals surface area (Å²) < 4.78 is 0. The largest absolute Gasteiger partial charge is 0.368 e. The van der Waals surface area contributed by atoms with Crippen molar-refractivity contribution < 1.29 is 0 Å². The van der Waals surface area contributed by atoms with E-state index in [-0.39, 0.29) is 0 Å². The molecule has 1 atom stereocenters. The van der Waals surface area contributed by atoms with Crippen LogP contribution in [0.1, 0.15) is 25.8 Å². The molecule has 1 unspecified atom stereocenters. The second-order valence-corrected chi connectivity index (χ2v) is 4.13. The van der Waals surface area contributed by atoms with Gasteiger partial charge in [0.25, 0.3) is 0 Å². The molecule has 15 heavy (non-hydrogen) atoms. The van der Waals surface area contributed by atoms with E-state index in [9.17, 15) is 0 Å². The van der Waals surface area contributed by atoms with Crippen molar-refractivity contribution in [1.29, 1.82) is 0 Å². The maximum Gasteiger partial charge on any atom is 0.221 e. The van der Waals surface area contributed by atoms with E-state index in [1.165, 1.54) is 6.42 Å². The van der Waals surface area contributed by atoms with Gasteiger partial charge in [-0.2, -0.15) is 4.98 Å². The molecule has 0 aromatic carbocycles. The molecule has 1 aromatic heterocycles. The van der Waals surface area contributed by atoms with Crippen LogP contribution in [-0.4, -0.2) is 23.6 Å². The summed E-state index contributed by atoms with van der Waals surface area (Å²) in [6.45, 7) is 7.42. The number of hydrogen-bond acceptors (Lipinski definition) is 4. The van der Waals surface area contributed by atoms with Crippen molar-refractivity contribution in [2.24, 2.45) is 5.92 Å². The number of nitrogen functional groups attached to an aromatic ring is 1. The molecule has 0 saturated carbocycles. The lowest BCUT2D eigenvalue weighted by Gasteiger charge is -2.23. The highest BCUT2D eigenvalue weighted by molar-refractivity contribution is 5.47. The van der Waals surface area contributed by atoms with Gasteiger partial charge in [0, 0.05) is 25.4 Å². The van der Waals surface area contributed by atoms with Crippen molar-refractivity contribution in [1.82, 2.24) is 9.97 Å². The van der Waals surface area contributed by atoms with Crippen molar-refractivity contribution in [2.45, 2.75) is 27.2 Å². The average Bonchev–Trinajstić information content (AvgIpc) is 2.21. The summed E-state index contributed by atoms with van der Waals surface area (Å²) in [6.07, 6.45) is 2.94. The first kappa shape index (κ1) is 11.8. The normalized spacial score (nSPS) is 12.5. The van der Waals surface area contributed by atoms with E-state index < -0.39 is 0 Å². The van der Waals surface area contributed by atoms with Gasteiger partial charge in [-0.3, -0.25) is 0 Å². The summed E-state index contributed by atoms with van der Waals surface area (Å²) in [6, 6.07) is 0. The second-order valence-electron chi connectivity index (χ2n) is 4.13. The van der Waals surface area contributed by atoms with E-state index in [2.05, 4.69) is 28.7 Å². The van der Waals surface area contributed by atoms with Crippen LogP contribution in [0.25, 0.3) is 0 Å². The van der Waals surface area contributed by atoms with Crippen LogP contribution in [0, 0.1) is 12.8 Å². The van der Waals surface area contributed by atoms with Crippen molar-refractivity contribution in [2.75, 3.05) is 24.2 Å². The molecule has 4 heteroatoms. The van der Waals surface area contributed by atoms with Crippen molar-refractivity contribution in [3.63, 3.8) is 0 Å². The van der Waals surface area contributed by atoms with Crippen LogP contribution < -0.4 is 10.6 Å². The zero-order valence-corrected chi connectivity index (χ0v) is 9.99. The predicted molar refractivity (Wildman–Crippen MR) is 63.9 cm³/mol. The first-order chi connectivity index (χ1) is 7.04. The van der Waals surface area contributed by atoms with Crippen LogP contribution in [0.5, 0.6) is 0 Å². The molecule has 2 N–H and O–H groups in total. The van der Waals surface area contributed by atoms with Gasteiger partial charge in [-0.1, -0.05) is 20.3 Å². The number of anilines is 2. The first-order valence-corrected chi connectivity index (χ1v) is 5.34. The Morgan fingerprint density at radius 2 is 2.20 bits per heavy atom. The molecule has 0 aliphatic heterocycles. The molecule has 1 heterocycles. The van der Waals surface area contributed by atoms with E-state index in [4.69, 9.17) is 5.73 Å². The minimum Gasteiger partial charge on any atom is -0.368 e. The molecule has 84 valence electrons. The Labute approximate surface area is 91.5 Å². The fourth-order valence-corrected chi connectivity index (χ4v) is 1.52. The number of nitrogens with zero attached hydrogens (tertiary/aromatic N) is 3. The van der Waals surface area contributed by atoms with E-state index in [0.29, 0.717) is 11.9 Å². The average molecular weight is 208 g/mol. The minimum absolute atomic E-state index is 0.339. The van der Waals surface area contributed by atoms with Crippen molar-refractivity contribution >= 4 is 11.8 Å². The van der Waals surface area contributed by atoms with Crippen LogP contribution in [0.4, 0.5) is 11.8 Å². The predicted octanol–water partition coefficient (Wildman–Crippen LogP) is 1.85. The number of aromatic nitrogens is 2. The Morgan fingerprint density at radius 3 is 2.80 bits per heavy atom. The molecular formula is C11H20N4. The summed E-state index contributed by atoms with van der Waals surface area (Å²) in [5.41, 5.74) is 6.64. The molecule has 1 aromatic rings. The van der Waals surface area contributed by atoms with Crippen molar-refractivity contribution in [3.8, 4) is 0 Å². The fourth-order valence-electron chi connectivity index (χ4n) is 1.52. The number of rotatable bonds is 4. The van der Waals surface area contributed by atoms with Crippen LogP contribution in [-0.2, 0) is 0 Å². The molecule has 0 aliphatic carbocycles. The molecular weight excluding hydrogens is 188 g/mol. The molecule has 0 radical (unpaired) electrons. The lowest BCUT2D eigenvalue weighted by molar-refractivity contribution is 0.557. The first-order valence-electron chi connectivity index (χ1n) is 5.34. The van der Waals surface area contributed by atoms with Gasteiger partial charge >= 0.3 is 0 Å². The molecule has 0 fully saturated rings. The summed E-state index contributed by atoms with van der Waals surface area (Å²) >= 11 is 0. The fraction of sp³-hybridized carbons (Fsp3) is 0.636. The number of nitrogens with two attached hydrogens (primary N) is 1. The number of hydrogen-bond donors (Lipinski definition) is 1. The van der Waals surface area contributed by atoms with Gasteiger partial charge in [-0.25, -0.2) is 4.98 Å². The Kier molecular flexibility index (Phi) is 3.88. The zero-order valence-electron chi connectivity index (χ0n) is 9.99. The molecule has 0 amide bonds. The third-order valence-corrected chi connectivity index (χ3v) is 2.61. The summed E-state index contributed by atoms with van der Waals surface area (Å²) in [5.74, 6) is 1.93. The van der Waals surface area contributed by atoms with Gasteiger partial charge in [-0.15, -0.1) is 0 Å². The maximum absolute atomic E-state index is 5.58. The standard InChI is InChI=1S/C11H20N4/c1-5-8(2)7-15(4)10-9(3)6-13-11(12)14-10/h6,8H,5,7H2,1-4H3,(H2,12,13,14). The SMILES string of the molecule is CCC(C)CN(C)c1nc(N)ncc1C. The van der Waals surface area contributed by atoms with Gasteiger partial charge in [-0.05, 0) is 12.8 Å². The van der Waals surface area contributed by atoms with Gasteiger partial charge in [0.2, 0.25) is 5.95 Å². The van der Waals surface area contributed by atoms with Gasteiger partial charge in [0.05, 0.1) is 0 Å². The highest BCUT2D eigenvalue weighted by atomic mass is 15.2. The number of aryl methyl sites for hydroxylation is 1. The minimum atomic E-state index is 0.339. The Morgan fingerprint density at radius 1 is 1.53 bits per heavy atom. The summed E-state index contributed by atoms with van der Waals surface area (Å²) in [7, 11) is 2.04. The lowest BCUT2D eigenvalue weighted by atomic mass is 10.1. The Hall–Kier alpha value is -1.32. The second kappa shape index (κ2) is 4.96. The Bertz CT molecular complexity index is 324. The van der Waals surface area contributed by atoms with E-state index in [1.807, 2.05) is 14.0 Å². The monoisotopic (exact) mass is 208 g/mol. The van der Waals surface area contributed by atoms with Crippen LogP contribution in [0.2, 0.25) is 0 Å². The van der Waals surface area contributed by atoms with Gasteiger partial charge in [0.15, 0.2) is 0 Å². The highest BCUT2D eigenvalue weighted by Gasteiger charge is 2.10. The van der Waals surface area contributed by atoms with Gasteiger partial charge in [0.1, 0.15) is 5.82 Å². The zero-order chi connectivity index (χ0) is 11.4. The molecule has 0 bridgehead atoms. The lowest BCUT2D eigenvalue weighted by Crippen LogP contribution is -2.25. The van der Waals surface area contributed by atoms with Crippen LogP contribution in [0.3, 0.4) is 0 Å². The van der Waals surface area contributed by atoms with Crippen molar-refractivity contribution in [3.05, 3.63) is 11.8 Å². The smallest absolute Gasteiger partial charge is 0.221 e. The van der Waals surface area contributed by atoms with Gasteiger partial charge < -0.3 is 10.6 Å². The topological polar surface area (TPSA) is 55.0 Å². The maximum atomic E-state index is 5.58. The molecule has 4 nitrogen and oxygen atoms in total. The molecule has 0 saturated heterocycles. The summed E-state index contributed by atoms with van der Waals surface area (Å²) in [4.78, 5) is 10.4. The Balaban J connectivity index is 2.80. The van der Waals surface area contributed by atoms with Crippen LogP contribution in [0.15, 0.2) is 6.20 Å². The highest BCUT2D eigenvalue weighted by Crippen LogP contribution is 2.17. The molecule has 0 aliphatic rings. The summed E-state index contributed by atoms with van der Waals surface area (Å²) in [5, 5.41) is 0. The van der Waals surface area contributed by atoms with Crippen LogP contribution >= 0.6 is 0 Å². The van der Waals surface area contributed by atoms with E-state index >= 15 is 0 Å². The third-order valence-electron chi connectivity index (χ3n) is 2.61. The quantitative estimate of drug-likeness (QED) is 0.820. The van der Waals surface area contributed by atoms with E-state index in [1.54, 1.807) is 6.20 Å². The molecule has 1 rings (SSSR count). The van der Waals surface area contributed by atoms with E-state index in [0.717, 1.165) is 17.9 Å². The molecule has 0 spiro atoms. The third kappa shape index (κ3) is 3.08.